The molecule has 29 heavy (non-hydrogen) atoms. The minimum atomic E-state index is 0.133. The third-order valence-corrected chi connectivity index (χ3v) is 6.80. The molecular weight excluding hydrogens is 360 g/mol. The molecule has 0 radical (unpaired) electrons. The van der Waals surface area contributed by atoms with Crippen LogP contribution in [0.5, 0.6) is 0 Å². The fourth-order valence-electron chi connectivity index (χ4n) is 5.14. The van der Waals surface area contributed by atoms with E-state index < -0.39 is 0 Å². The fourth-order valence-corrected chi connectivity index (χ4v) is 5.14. The minimum Gasteiger partial charge on any atom is -0.324 e. The zero-order valence-corrected chi connectivity index (χ0v) is 18.1. The van der Waals surface area contributed by atoms with E-state index in [1.165, 1.54) is 82.6 Å². The zero-order valence-electron chi connectivity index (χ0n) is 18.1. The molecule has 0 aromatic carbocycles. The maximum absolute atomic E-state index is 13.1. The number of nitrogens with one attached hydrogen (secondary N) is 2. The summed E-state index contributed by atoms with van der Waals surface area (Å²) in [6.45, 7) is 5.64. The summed E-state index contributed by atoms with van der Waals surface area (Å²) >= 11 is 0. The van der Waals surface area contributed by atoms with E-state index in [1.807, 2.05) is 6.20 Å². The summed E-state index contributed by atoms with van der Waals surface area (Å²) in [4.78, 5) is 17.7. The topological polar surface area (TPSA) is 66.4 Å². The Morgan fingerprint density at radius 1 is 0.966 bits per heavy atom. The minimum absolute atomic E-state index is 0.133. The third-order valence-electron chi connectivity index (χ3n) is 6.80. The van der Waals surface area contributed by atoms with Gasteiger partial charge in [0.05, 0.1) is 11.9 Å². The second kappa shape index (κ2) is 11.3. The molecule has 0 atom stereocenters. The Kier molecular flexibility index (Phi) is 8.51. The summed E-state index contributed by atoms with van der Waals surface area (Å²) in [5, 5.41) is 7.12. The van der Waals surface area contributed by atoms with E-state index >= 15 is 0 Å². The van der Waals surface area contributed by atoms with Gasteiger partial charge in [-0.1, -0.05) is 64.2 Å². The number of pyridine rings is 1. The van der Waals surface area contributed by atoms with E-state index in [0.29, 0.717) is 5.92 Å². The Hall–Kier alpha value is -1.91. The van der Waals surface area contributed by atoms with Crippen LogP contribution >= 0.6 is 0 Å². The van der Waals surface area contributed by atoms with Crippen molar-refractivity contribution in [2.75, 3.05) is 10.7 Å². The van der Waals surface area contributed by atoms with Crippen molar-refractivity contribution < 1.29 is 4.79 Å². The predicted octanol–water partition coefficient (Wildman–Crippen LogP) is 6.54. The van der Waals surface area contributed by atoms with Gasteiger partial charge in [-0.05, 0) is 49.7 Å². The molecule has 1 heterocycles. The molecule has 0 bridgehead atoms. The molecule has 0 unspecified atom stereocenters. The van der Waals surface area contributed by atoms with Gasteiger partial charge >= 0.3 is 0 Å². The Balaban J connectivity index is 1.84. The van der Waals surface area contributed by atoms with Crippen molar-refractivity contribution in [1.82, 2.24) is 4.98 Å². The molecule has 160 valence electrons. The van der Waals surface area contributed by atoms with Crippen LogP contribution in [0, 0.1) is 12.8 Å². The van der Waals surface area contributed by atoms with Crippen LogP contribution in [-0.4, -0.2) is 17.6 Å². The first-order valence-corrected chi connectivity index (χ1v) is 11.7. The number of carbonyl (C=O) groups excluding carboxylic acids is 1. The molecule has 5 nitrogen and oxygen atoms in total. The molecule has 2 aliphatic carbocycles. The van der Waals surface area contributed by atoms with E-state index in [4.69, 9.17) is 0 Å². The van der Waals surface area contributed by atoms with Crippen molar-refractivity contribution in [2.45, 2.75) is 103 Å². The quantitative estimate of drug-likeness (QED) is 0.437. The van der Waals surface area contributed by atoms with Crippen molar-refractivity contribution in [2.24, 2.45) is 11.0 Å². The number of hydrazone groups is 1. The maximum Gasteiger partial charge on any atom is 0.227 e. The molecular formula is C24H38N4O. The second-order valence-corrected chi connectivity index (χ2v) is 8.90. The number of rotatable bonds is 5. The summed E-state index contributed by atoms with van der Waals surface area (Å²) in [5.41, 5.74) is 6.20. The molecule has 5 heteroatoms. The lowest BCUT2D eigenvalue weighted by Gasteiger charge is -2.26. The summed E-state index contributed by atoms with van der Waals surface area (Å²) in [6.07, 6.45) is 18.8. The third kappa shape index (κ3) is 6.03. The van der Waals surface area contributed by atoms with Crippen molar-refractivity contribution in [3.05, 3.63) is 17.3 Å². The Bertz CT molecular complexity index is 672. The average Bonchev–Trinajstić information content (AvgIpc) is 2.65. The van der Waals surface area contributed by atoms with Gasteiger partial charge in [-0.25, -0.2) is 4.98 Å². The Morgan fingerprint density at radius 2 is 1.52 bits per heavy atom. The molecule has 2 aliphatic rings. The number of carbonyl (C=O) groups is 1. The summed E-state index contributed by atoms with van der Waals surface area (Å²) in [6, 6.07) is 0. The van der Waals surface area contributed by atoms with E-state index in [9.17, 15) is 4.79 Å². The first-order valence-electron chi connectivity index (χ1n) is 11.7. The standard InChI is InChI=1S/C24H38N4O/c1-18-22(19-13-9-5-3-6-10-14-19)21(17-26-23(18)28-25-2)27-24(29)20-15-11-7-4-8-12-16-20/h17,19-20H,2-16H2,1H3,(H,26,28)(H,27,29). The lowest BCUT2D eigenvalue weighted by Crippen LogP contribution is -2.25. The molecule has 0 saturated heterocycles. The highest BCUT2D eigenvalue weighted by Gasteiger charge is 2.25. The van der Waals surface area contributed by atoms with Gasteiger partial charge in [0.1, 0.15) is 5.82 Å². The second-order valence-electron chi connectivity index (χ2n) is 8.90. The van der Waals surface area contributed by atoms with Crippen molar-refractivity contribution >= 4 is 24.1 Å². The molecule has 1 amide bonds. The van der Waals surface area contributed by atoms with Gasteiger partial charge in [0, 0.05) is 12.6 Å². The van der Waals surface area contributed by atoms with Crippen LogP contribution in [0.1, 0.15) is 107 Å². The van der Waals surface area contributed by atoms with Gasteiger partial charge in [0.2, 0.25) is 5.91 Å². The summed E-state index contributed by atoms with van der Waals surface area (Å²) < 4.78 is 0. The number of nitrogens with zero attached hydrogens (tertiary/aromatic N) is 2. The molecule has 0 spiro atoms. The maximum atomic E-state index is 13.1. The number of hydrogen-bond donors (Lipinski definition) is 2. The van der Waals surface area contributed by atoms with Gasteiger partial charge in [-0.15, -0.1) is 0 Å². The number of amides is 1. The lowest BCUT2D eigenvalue weighted by molar-refractivity contribution is -0.120. The highest BCUT2D eigenvalue weighted by Crippen LogP contribution is 2.39. The van der Waals surface area contributed by atoms with E-state index in [-0.39, 0.29) is 11.8 Å². The van der Waals surface area contributed by atoms with Crippen molar-refractivity contribution in [3.63, 3.8) is 0 Å². The van der Waals surface area contributed by atoms with Crippen LogP contribution in [0.15, 0.2) is 11.3 Å². The average molecular weight is 399 g/mol. The van der Waals surface area contributed by atoms with Crippen molar-refractivity contribution in [3.8, 4) is 0 Å². The van der Waals surface area contributed by atoms with Crippen LogP contribution in [0.2, 0.25) is 0 Å². The molecule has 1 aromatic heterocycles. The van der Waals surface area contributed by atoms with E-state index in [2.05, 4.69) is 34.5 Å². The van der Waals surface area contributed by atoms with E-state index in [1.54, 1.807) is 0 Å². The molecule has 1 aromatic rings. The normalized spacial score (nSPS) is 20.0. The first kappa shape index (κ1) is 21.8. The monoisotopic (exact) mass is 398 g/mol. The molecule has 0 aliphatic heterocycles. The first-order chi connectivity index (χ1) is 14.2. The lowest BCUT2D eigenvalue weighted by atomic mass is 9.83. The molecule has 2 fully saturated rings. The number of aromatic nitrogens is 1. The predicted molar refractivity (Wildman–Crippen MR) is 122 cm³/mol. The highest BCUT2D eigenvalue weighted by atomic mass is 16.1. The van der Waals surface area contributed by atoms with Gasteiger partial charge in [0.25, 0.3) is 0 Å². The summed E-state index contributed by atoms with van der Waals surface area (Å²) in [7, 11) is 0. The highest BCUT2D eigenvalue weighted by molar-refractivity contribution is 5.93. The van der Waals surface area contributed by atoms with Crippen LogP contribution in [0.4, 0.5) is 11.5 Å². The van der Waals surface area contributed by atoms with Gasteiger partial charge in [-0.2, -0.15) is 5.10 Å². The largest absolute Gasteiger partial charge is 0.324 e. The Labute approximate surface area is 176 Å². The number of hydrogen-bond acceptors (Lipinski definition) is 4. The molecule has 2 saturated carbocycles. The number of anilines is 2. The Morgan fingerprint density at radius 3 is 2.10 bits per heavy atom. The van der Waals surface area contributed by atoms with Crippen LogP contribution in [-0.2, 0) is 4.79 Å². The van der Waals surface area contributed by atoms with Gasteiger partial charge in [-0.3, -0.25) is 10.2 Å². The van der Waals surface area contributed by atoms with Crippen molar-refractivity contribution in [1.29, 1.82) is 0 Å². The van der Waals surface area contributed by atoms with Gasteiger partial charge in [0.15, 0.2) is 0 Å². The van der Waals surface area contributed by atoms with Crippen LogP contribution in [0.25, 0.3) is 0 Å². The molecule has 2 N–H and O–H groups in total. The SMILES string of the molecule is C=NNc1ncc(NC(=O)C2CCCCCCC2)c(C2CCCCCCC2)c1C. The van der Waals surface area contributed by atoms with Crippen LogP contribution < -0.4 is 10.7 Å². The zero-order chi connectivity index (χ0) is 20.5. The van der Waals surface area contributed by atoms with Crippen LogP contribution in [0.3, 0.4) is 0 Å². The molecule has 3 rings (SSSR count). The summed E-state index contributed by atoms with van der Waals surface area (Å²) in [5.74, 6) is 1.54. The van der Waals surface area contributed by atoms with Gasteiger partial charge < -0.3 is 5.32 Å². The smallest absolute Gasteiger partial charge is 0.227 e. The fraction of sp³-hybridized carbons (Fsp3) is 0.708. The van der Waals surface area contributed by atoms with E-state index in [0.717, 1.165) is 29.9 Å².